The van der Waals surface area contributed by atoms with Gasteiger partial charge in [-0.15, -0.1) is 0 Å². The molecule has 2 N–H and O–H groups in total. The number of amides is 1. The molecule has 0 saturated heterocycles. The van der Waals surface area contributed by atoms with Gasteiger partial charge in [-0.25, -0.2) is 0 Å². The van der Waals surface area contributed by atoms with Crippen molar-refractivity contribution in [2.24, 2.45) is 0 Å². The first-order valence-electron chi connectivity index (χ1n) is 6.85. The number of anilines is 1. The molecule has 1 aromatic carbocycles. The van der Waals surface area contributed by atoms with Gasteiger partial charge in [0.15, 0.2) is 0 Å². The van der Waals surface area contributed by atoms with Gasteiger partial charge in [0.25, 0.3) is 0 Å². The summed E-state index contributed by atoms with van der Waals surface area (Å²) in [5, 5.41) is 12.6. The van der Waals surface area contributed by atoms with Crippen LogP contribution in [0.15, 0.2) is 18.2 Å². The molecule has 5 heteroatoms. The minimum absolute atomic E-state index is 0.0576. The van der Waals surface area contributed by atoms with Crippen molar-refractivity contribution < 1.29 is 14.6 Å². The molecule has 1 aromatic rings. The Hall–Kier alpha value is -1.75. The number of ether oxygens (including phenoxy) is 1. The largest absolute Gasteiger partial charge is 0.496 e. The maximum Gasteiger partial charge on any atom is 0.239 e. The second-order valence-electron chi connectivity index (χ2n) is 4.66. The first kappa shape index (κ1) is 16.3. The van der Waals surface area contributed by atoms with E-state index >= 15 is 0 Å². The number of aliphatic hydroxyl groups excluding tert-OH is 1. The van der Waals surface area contributed by atoms with Crippen LogP contribution in [0.5, 0.6) is 5.75 Å². The molecule has 1 amide bonds. The van der Waals surface area contributed by atoms with E-state index in [4.69, 9.17) is 4.74 Å². The monoisotopic (exact) mass is 280 g/mol. The van der Waals surface area contributed by atoms with Gasteiger partial charge >= 0.3 is 0 Å². The third-order valence-electron chi connectivity index (χ3n) is 3.13. The molecule has 1 atom stereocenters. The molecule has 0 aromatic heterocycles. The molecule has 5 nitrogen and oxygen atoms in total. The molecule has 0 spiro atoms. The summed E-state index contributed by atoms with van der Waals surface area (Å²) in [5.41, 5.74) is 1.55. The summed E-state index contributed by atoms with van der Waals surface area (Å²) in [4.78, 5) is 13.6. The van der Waals surface area contributed by atoms with E-state index in [1.54, 1.807) is 21.1 Å². The van der Waals surface area contributed by atoms with Gasteiger partial charge in [0.2, 0.25) is 5.91 Å². The topological polar surface area (TPSA) is 61.8 Å². The van der Waals surface area contributed by atoms with E-state index in [0.717, 1.165) is 18.7 Å². The Bertz CT molecular complexity index is 447. The Balaban J connectivity index is 3.21. The first-order valence-corrected chi connectivity index (χ1v) is 6.85. The molecule has 0 bridgehead atoms. The summed E-state index contributed by atoms with van der Waals surface area (Å²) in [5.74, 6) is 0.577. The maximum atomic E-state index is 11.7. The van der Waals surface area contributed by atoms with Gasteiger partial charge in [-0.3, -0.25) is 4.79 Å². The summed E-state index contributed by atoms with van der Waals surface area (Å²) in [7, 11) is 3.20. The van der Waals surface area contributed by atoms with Crippen molar-refractivity contribution in [3.8, 4) is 5.75 Å². The van der Waals surface area contributed by atoms with E-state index in [1.165, 1.54) is 0 Å². The molecule has 112 valence electrons. The normalized spacial score (nSPS) is 11.8. The predicted octanol–water partition coefficient (Wildman–Crippen LogP) is 1.71. The number of carbonyl (C=O) groups is 1. The molecule has 1 rings (SSSR count). The van der Waals surface area contributed by atoms with Crippen LogP contribution < -0.4 is 15.0 Å². The first-order chi connectivity index (χ1) is 9.54. The molecule has 0 heterocycles. The van der Waals surface area contributed by atoms with Crippen LogP contribution >= 0.6 is 0 Å². The van der Waals surface area contributed by atoms with Crippen LogP contribution in [0.4, 0.5) is 5.69 Å². The number of nitrogens with zero attached hydrogens (tertiary/aromatic N) is 1. The molecule has 0 aliphatic carbocycles. The van der Waals surface area contributed by atoms with Gasteiger partial charge in [0.05, 0.1) is 19.8 Å². The Kier molecular flexibility index (Phi) is 6.31. The summed E-state index contributed by atoms with van der Waals surface area (Å²) in [6.07, 6.45) is 0.248. The van der Waals surface area contributed by atoms with Crippen LogP contribution in [0, 0.1) is 0 Å². The van der Waals surface area contributed by atoms with E-state index in [0.29, 0.717) is 11.3 Å². The Morgan fingerprint density at radius 1 is 1.50 bits per heavy atom. The summed E-state index contributed by atoms with van der Waals surface area (Å²) in [6.45, 7) is 4.75. The second-order valence-corrected chi connectivity index (χ2v) is 4.66. The highest BCUT2D eigenvalue weighted by atomic mass is 16.5. The van der Waals surface area contributed by atoms with Crippen molar-refractivity contribution in [1.29, 1.82) is 0 Å². The van der Waals surface area contributed by atoms with E-state index in [1.807, 2.05) is 23.1 Å². The van der Waals surface area contributed by atoms with Gasteiger partial charge in [0.1, 0.15) is 5.75 Å². The molecule has 0 aliphatic rings. The number of nitrogens with one attached hydrogen (secondary N) is 1. The van der Waals surface area contributed by atoms with Gasteiger partial charge in [-0.2, -0.15) is 0 Å². The van der Waals surface area contributed by atoms with E-state index in [9.17, 15) is 9.90 Å². The molecule has 0 aliphatic heterocycles. The number of aliphatic hydroxyl groups is 1. The van der Waals surface area contributed by atoms with Gasteiger partial charge < -0.3 is 20.1 Å². The molecule has 0 saturated carbocycles. The molecular weight excluding hydrogens is 256 g/mol. The van der Waals surface area contributed by atoms with Crippen LogP contribution in [0.1, 0.15) is 31.9 Å². The minimum atomic E-state index is -0.662. The van der Waals surface area contributed by atoms with Gasteiger partial charge in [-0.05, 0) is 25.5 Å². The number of carbonyl (C=O) groups excluding carboxylic acids is 1. The van der Waals surface area contributed by atoms with Crippen LogP contribution in [0.2, 0.25) is 0 Å². The van der Waals surface area contributed by atoms with Crippen molar-refractivity contribution in [2.75, 3.05) is 32.1 Å². The van der Waals surface area contributed by atoms with Crippen molar-refractivity contribution in [1.82, 2.24) is 5.32 Å². The lowest BCUT2D eigenvalue weighted by molar-refractivity contribution is -0.119. The Morgan fingerprint density at radius 3 is 2.70 bits per heavy atom. The summed E-state index contributed by atoms with van der Waals surface area (Å²) < 4.78 is 5.32. The van der Waals surface area contributed by atoms with E-state index in [2.05, 4.69) is 12.2 Å². The van der Waals surface area contributed by atoms with Crippen LogP contribution in [-0.2, 0) is 4.79 Å². The highest BCUT2D eigenvalue weighted by molar-refractivity contribution is 5.81. The third kappa shape index (κ3) is 3.87. The number of benzene rings is 1. The Morgan fingerprint density at radius 2 is 2.20 bits per heavy atom. The average molecular weight is 280 g/mol. The minimum Gasteiger partial charge on any atom is -0.496 e. The maximum absolute atomic E-state index is 11.7. The van der Waals surface area contributed by atoms with Crippen molar-refractivity contribution in [3.63, 3.8) is 0 Å². The molecular formula is C15H24N2O3. The molecule has 0 radical (unpaired) electrons. The number of rotatable bonds is 7. The lowest BCUT2D eigenvalue weighted by Crippen LogP contribution is -2.36. The van der Waals surface area contributed by atoms with E-state index < -0.39 is 6.10 Å². The molecule has 20 heavy (non-hydrogen) atoms. The van der Waals surface area contributed by atoms with Gasteiger partial charge in [-0.1, -0.05) is 13.0 Å². The fourth-order valence-electron chi connectivity index (χ4n) is 2.21. The lowest BCUT2D eigenvalue weighted by atomic mass is 10.1. The van der Waals surface area contributed by atoms with Crippen LogP contribution in [0.3, 0.4) is 0 Å². The average Bonchev–Trinajstić information content (AvgIpc) is 2.45. The summed E-state index contributed by atoms with van der Waals surface area (Å²) in [6, 6.07) is 5.59. The highest BCUT2D eigenvalue weighted by Crippen LogP contribution is 2.34. The number of likely N-dealkylation sites (N-methyl/N-ethyl adjacent to an activating group) is 1. The number of hydrogen-bond donors (Lipinski definition) is 2. The zero-order chi connectivity index (χ0) is 15.1. The molecule has 0 fully saturated rings. The fraction of sp³-hybridized carbons (Fsp3) is 0.533. The van der Waals surface area contributed by atoms with Crippen molar-refractivity contribution in [3.05, 3.63) is 23.8 Å². The van der Waals surface area contributed by atoms with Crippen LogP contribution in [0.25, 0.3) is 0 Å². The van der Waals surface area contributed by atoms with Crippen LogP contribution in [-0.4, -0.2) is 38.3 Å². The standard InChI is InChI=1S/C15H24N2O3/c1-5-9-17(10-14(19)16-3)12-7-6-8-13(20-4)15(12)11(2)18/h6-8,11,18H,5,9-10H2,1-4H3,(H,16,19). The van der Waals surface area contributed by atoms with E-state index in [-0.39, 0.29) is 12.5 Å². The third-order valence-corrected chi connectivity index (χ3v) is 3.13. The zero-order valence-corrected chi connectivity index (χ0v) is 12.6. The number of hydrogen-bond acceptors (Lipinski definition) is 4. The quantitative estimate of drug-likeness (QED) is 0.798. The highest BCUT2D eigenvalue weighted by Gasteiger charge is 2.19. The second kappa shape index (κ2) is 7.75. The Labute approximate surface area is 120 Å². The zero-order valence-electron chi connectivity index (χ0n) is 12.6. The lowest BCUT2D eigenvalue weighted by Gasteiger charge is -2.28. The smallest absolute Gasteiger partial charge is 0.239 e. The predicted molar refractivity (Wildman–Crippen MR) is 80.2 cm³/mol. The number of methoxy groups -OCH3 is 1. The van der Waals surface area contributed by atoms with Gasteiger partial charge in [0, 0.05) is 24.8 Å². The summed E-state index contributed by atoms with van der Waals surface area (Å²) >= 11 is 0. The fourth-order valence-corrected chi connectivity index (χ4v) is 2.21. The SMILES string of the molecule is CCCN(CC(=O)NC)c1cccc(OC)c1C(C)O. The molecule has 1 unspecified atom stereocenters. The van der Waals surface area contributed by atoms with Crippen molar-refractivity contribution >= 4 is 11.6 Å². The van der Waals surface area contributed by atoms with Crippen molar-refractivity contribution in [2.45, 2.75) is 26.4 Å².